The summed E-state index contributed by atoms with van der Waals surface area (Å²) in [4.78, 5) is 12.0. The highest BCUT2D eigenvalue weighted by atomic mass is 35.5. The third kappa shape index (κ3) is 3.36. The summed E-state index contributed by atoms with van der Waals surface area (Å²) in [7, 11) is -3.75. The maximum absolute atomic E-state index is 12.4. The van der Waals surface area contributed by atoms with Gasteiger partial charge in [-0.15, -0.1) is 17.8 Å². The van der Waals surface area contributed by atoms with E-state index in [0.717, 1.165) is 6.07 Å². The van der Waals surface area contributed by atoms with E-state index in [4.69, 9.17) is 18.0 Å². The van der Waals surface area contributed by atoms with Gasteiger partial charge in [-0.2, -0.15) is 4.31 Å². The van der Waals surface area contributed by atoms with Crippen molar-refractivity contribution < 1.29 is 13.3 Å². The van der Waals surface area contributed by atoms with Gasteiger partial charge in [0.25, 0.3) is 15.7 Å². The summed E-state index contributed by atoms with van der Waals surface area (Å²) in [5.41, 5.74) is -0.383. The maximum Gasteiger partial charge on any atom is 0.300 e. The van der Waals surface area contributed by atoms with Crippen molar-refractivity contribution >= 4 is 38.6 Å². The van der Waals surface area contributed by atoms with Crippen molar-refractivity contribution in [2.45, 2.75) is 4.21 Å². The van der Waals surface area contributed by atoms with Crippen LogP contribution in [0.5, 0.6) is 0 Å². The molecular formula is C11H12ClN3O4S2. The Labute approximate surface area is 131 Å². The standard InChI is InChI=1S/C11H12ClN3O4S2/c1-2-3-13-4-6-14(7-5-13)21(18,19)10-8-9(15(16)17)11(12)20-10/h1,8H,3-7H2. The van der Waals surface area contributed by atoms with Gasteiger partial charge in [0.2, 0.25) is 0 Å². The minimum Gasteiger partial charge on any atom is -0.290 e. The highest BCUT2D eigenvalue weighted by molar-refractivity contribution is 7.91. The zero-order valence-corrected chi connectivity index (χ0v) is 13.2. The Morgan fingerprint density at radius 1 is 1.43 bits per heavy atom. The third-order valence-electron chi connectivity index (χ3n) is 3.08. The smallest absolute Gasteiger partial charge is 0.290 e. The van der Waals surface area contributed by atoms with Crippen LogP contribution in [0.2, 0.25) is 4.34 Å². The van der Waals surface area contributed by atoms with Gasteiger partial charge in [-0.25, -0.2) is 8.42 Å². The molecule has 0 aromatic carbocycles. The topological polar surface area (TPSA) is 83.8 Å². The number of thiophene rings is 1. The number of hydrogen-bond donors (Lipinski definition) is 0. The summed E-state index contributed by atoms with van der Waals surface area (Å²) < 4.78 is 25.9. The molecule has 1 aliphatic rings. The van der Waals surface area contributed by atoms with E-state index in [9.17, 15) is 18.5 Å². The molecule has 2 heterocycles. The lowest BCUT2D eigenvalue weighted by atomic mass is 10.4. The van der Waals surface area contributed by atoms with Crippen molar-refractivity contribution in [3.05, 3.63) is 20.5 Å². The van der Waals surface area contributed by atoms with Crippen LogP contribution in [0.15, 0.2) is 10.3 Å². The molecule has 10 heteroatoms. The number of piperazine rings is 1. The number of halogens is 1. The average molecular weight is 350 g/mol. The number of sulfonamides is 1. The first kappa shape index (κ1) is 16.2. The number of terminal acetylenes is 1. The largest absolute Gasteiger partial charge is 0.300 e. The van der Waals surface area contributed by atoms with Gasteiger partial charge in [-0.1, -0.05) is 17.5 Å². The van der Waals surface area contributed by atoms with E-state index in [2.05, 4.69) is 5.92 Å². The second kappa shape index (κ2) is 6.29. The average Bonchev–Trinajstić information content (AvgIpc) is 2.83. The second-order valence-electron chi connectivity index (χ2n) is 4.37. The molecule has 0 unspecified atom stereocenters. The number of rotatable bonds is 4. The fourth-order valence-electron chi connectivity index (χ4n) is 1.97. The Morgan fingerprint density at radius 3 is 2.52 bits per heavy atom. The summed E-state index contributed by atoms with van der Waals surface area (Å²) in [5, 5.41) is 10.7. The monoisotopic (exact) mass is 349 g/mol. The van der Waals surface area contributed by atoms with E-state index in [0.29, 0.717) is 44.1 Å². The number of nitro groups is 1. The van der Waals surface area contributed by atoms with Crippen LogP contribution in [0.25, 0.3) is 0 Å². The molecule has 1 saturated heterocycles. The van der Waals surface area contributed by atoms with E-state index < -0.39 is 14.9 Å². The molecule has 0 spiro atoms. The fraction of sp³-hybridized carbons (Fsp3) is 0.455. The molecule has 1 aromatic heterocycles. The first-order valence-electron chi connectivity index (χ1n) is 5.96. The van der Waals surface area contributed by atoms with Crippen LogP contribution in [0, 0.1) is 22.5 Å². The van der Waals surface area contributed by atoms with Gasteiger partial charge in [-0.05, 0) is 0 Å². The Morgan fingerprint density at radius 2 is 2.05 bits per heavy atom. The first-order chi connectivity index (χ1) is 9.86. The van der Waals surface area contributed by atoms with Crippen molar-refractivity contribution in [1.82, 2.24) is 9.21 Å². The Balaban J connectivity index is 2.18. The van der Waals surface area contributed by atoms with Gasteiger partial charge in [-0.3, -0.25) is 15.0 Å². The second-order valence-corrected chi connectivity index (χ2v) is 8.18. The molecule has 114 valence electrons. The SMILES string of the molecule is C#CCN1CCN(S(=O)(=O)c2cc([N+](=O)[O-])c(Cl)s2)CC1. The van der Waals surface area contributed by atoms with Crippen LogP contribution in [-0.4, -0.2) is 55.3 Å². The molecule has 0 saturated carbocycles. The molecule has 0 aliphatic carbocycles. The molecule has 21 heavy (non-hydrogen) atoms. The molecule has 0 atom stereocenters. The van der Waals surface area contributed by atoms with Crippen molar-refractivity contribution in [1.29, 1.82) is 0 Å². The van der Waals surface area contributed by atoms with Crippen molar-refractivity contribution in [3.8, 4) is 12.3 Å². The summed E-state index contributed by atoms with van der Waals surface area (Å²) in [6.07, 6.45) is 5.22. The Kier molecular flexibility index (Phi) is 4.85. The molecule has 2 rings (SSSR count). The lowest BCUT2D eigenvalue weighted by Gasteiger charge is -2.32. The van der Waals surface area contributed by atoms with Gasteiger partial charge in [0.15, 0.2) is 4.34 Å². The predicted octanol–water partition coefficient (Wildman–Crippen LogP) is 1.25. The maximum atomic E-state index is 12.4. The molecule has 0 bridgehead atoms. The number of hydrogen-bond acceptors (Lipinski definition) is 6. The lowest BCUT2D eigenvalue weighted by Crippen LogP contribution is -2.48. The van der Waals surface area contributed by atoms with Crippen LogP contribution in [0.1, 0.15) is 0 Å². The van der Waals surface area contributed by atoms with Crippen LogP contribution >= 0.6 is 22.9 Å². The van der Waals surface area contributed by atoms with Gasteiger partial charge < -0.3 is 0 Å². The first-order valence-corrected chi connectivity index (χ1v) is 8.59. The lowest BCUT2D eigenvalue weighted by molar-refractivity contribution is -0.384. The van der Waals surface area contributed by atoms with E-state index in [1.807, 2.05) is 4.90 Å². The molecule has 0 radical (unpaired) electrons. The zero-order valence-electron chi connectivity index (χ0n) is 10.9. The minimum absolute atomic E-state index is 0.107. The molecular weight excluding hydrogens is 338 g/mol. The Bertz CT molecular complexity index is 687. The highest BCUT2D eigenvalue weighted by Crippen LogP contribution is 2.37. The molecule has 0 amide bonds. The quantitative estimate of drug-likeness (QED) is 0.464. The Hall–Kier alpha value is -1.18. The van der Waals surface area contributed by atoms with Crippen molar-refractivity contribution in [3.63, 3.8) is 0 Å². The van der Waals surface area contributed by atoms with Crippen LogP contribution in [0.4, 0.5) is 5.69 Å². The van der Waals surface area contributed by atoms with E-state index in [1.54, 1.807) is 0 Å². The summed E-state index contributed by atoms with van der Waals surface area (Å²) in [6, 6.07) is 1.01. The van der Waals surface area contributed by atoms with E-state index >= 15 is 0 Å². The van der Waals surface area contributed by atoms with Crippen LogP contribution in [0.3, 0.4) is 0 Å². The van der Waals surface area contributed by atoms with Crippen molar-refractivity contribution in [2.75, 3.05) is 32.7 Å². The van der Waals surface area contributed by atoms with E-state index in [1.165, 1.54) is 4.31 Å². The molecule has 7 nitrogen and oxygen atoms in total. The normalized spacial score (nSPS) is 17.5. The minimum atomic E-state index is -3.75. The molecule has 0 N–H and O–H groups in total. The summed E-state index contributed by atoms with van der Waals surface area (Å²) in [5.74, 6) is 2.51. The third-order valence-corrected chi connectivity index (χ3v) is 6.77. The van der Waals surface area contributed by atoms with Crippen LogP contribution < -0.4 is 0 Å². The van der Waals surface area contributed by atoms with Crippen molar-refractivity contribution in [2.24, 2.45) is 0 Å². The van der Waals surface area contributed by atoms with Gasteiger partial charge in [0.1, 0.15) is 4.21 Å². The summed E-state index contributed by atoms with van der Waals surface area (Å²) >= 11 is 6.42. The van der Waals surface area contributed by atoms with Gasteiger partial charge in [0, 0.05) is 32.2 Å². The summed E-state index contributed by atoms with van der Waals surface area (Å²) in [6.45, 7) is 2.14. The molecule has 1 aliphatic heterocycles. The van der Waals surface area contributed by atoms with Crippen LogP contribution in [-0.2, 0) is 10.0 Å². The fourth-order valence-corrected chi connectivity index (χ4v) is 5.22. The van der Waals surface area contributed by atoms with Gasteiger partial charge in [0.05, 0.1) is 11.5 Å². The zero-order chi connectivity index (χ0) is 15.6. The highest BCUT2D eigenvalue weighted by Gasteiger charge is 2.32. The predicted molar refractivity (Wildman–Crippen MR) is 80.0 cm³/mol. The molecule has 1 aromatic rings. The van der Waals surface area contributed by atoms with Gasteiger partial charge >= 0.3 is 0 Å². The van der Waals surface area contributed by atoms with E-state index in [-0.39, 0.29) is 14.2 Å². The number of nitrogens with zero attached hydrogens (tertiary/aromatic N) is 3. The molecule has 1 fully saturated rings.